The van der Waals surface area contributed by atoms with Crippen LogP contribution in [0.4, 0.5) is 0 Å². The highest BCUT2D eigenvalue weighted by Gasteiger charge is 2.24. The van der Waals surface area contributed by atoms with Crippen LogP contribution in [0, 0.1) is 0 Å². The molecule has 0 aromatic heterocycles. The fraction of sp³-hybridized carbons (Fsp3) is 0.533. The lowest BCUT2D eigenvalue weighted by atomic mass is 10.1. The molecule has 23 heavy (non-hydrogen) atoms. The van der Waals surface area contributed by atoms with E-state index in [0.717, 1.165) is 25.9 Å². The Morgan fingerprint density at radius 1 is 1.39 bits per heavy atom. The fourth-order valence-electron chi connectivity index (χ4n) is 2.62. The van der Waals surface area contributed by atoms with E-state index in [1.54, 1.807) is 12.1 Å². The number of carbonyl (C=O) groups excluding carboxylic acids is 1. The summed E-state index contributed by atoms with van der Waals surface area (Å²) < 4.78 is 5.91. The van der Waals surface area contributed by atoms with Crippen LogP contribution in [0.3, 0.4) is 0 Å². The number of hydrogen-bond donors (Lipinski definition) is 3. The summed E-state index contributed by atoms with van der Waals surface area (Å²) in [5, 5.41) is 9.96. The summed E-state index contributed by atoms with van der Waals surface area (Å²) in [6.45, 7) is 2.38. The number of amides is 1. The van der Waals surface area contributed by atoms with Gasteiger partial charge in [0.05, 0.1) is 16.1 Å². The number of β-amino-alcohol motifs (C(OH)–C–C–N with tert-alkyl or cyclic N) is 1. The molecule has 1 amide bonds. The van der Waals surface area contributed by atoms with E-state index < -0.39 is 12.0 Å². The van der Waals surface area contributed by atoms with E-state index in [0.29, 0.717) is 12.3 Å². The third-order valence-corrected chi connectivity index (χ3v) is 4.68. The van der Waals surface area contributed by atoms with Crippen molar-refractivity contribution in [3.05, 3.63) is 27.7 Å². The van der Waals surface area contributed by atoms with E-state index in [-0.39, 0.29) is 28.3 Å². The van der Waals surface area contributed by atoms with Crippen molar-refractivity contribution in [3.8, 4) is 5.75 Å². The summed E-state index contributed by atoms with van der Waals surface area (Å²) in [7, 11) is 0. The zero-order chi connectivity index (χ0) is 17.0. The van der Waals surface area contributed by atoms with Crippen molar-refractivity contribution in [2.24, 2.45) is 11.5 Å². The van der Waals surface area contributed by atoms with Crippen LogP contribution in [-0.2, 0) is 0 Å². The van der Waals surface area contributed by atoms with Crippen LogP contribution in [0.1, 0.15) is 23.2 Å². The maximum absolute atomic E-state index is 11.6. The van der Waals surface area contributed by atoms with Crippen LogP contribution in [0.5, 0.6) is 5.75 Å². The number of ether oxygens (including phenoxy) is 1. The Labute approximate surface area is 145 Å². The van der Waals surface area contributed by atoms with Crippen molar-refractivity contribution in [2.45, 2.75) is 25.0 Å². The first-order chi connectivity index (χ1) is 10.9. The smallest absolute Gasteiger partial charge is 0.254 e. The molecule has 1 aliphatic heterocycles. The minimum Gasteiger partial charge on any atom is -0.489 e. The van der Waals surface area contributed by atoms with Gasteiger partial charge in [-0.05, 0) is 25.0 Å². The third kappa shape index (κ3) is 4.71. The van der Waals surface area contributed by atoms with Crippen molar-refractivity contribution in [1.29, 1.82) is 0 Å². The van der Waals surface area contributed by atoms with Crippen molar-refractivity contribution in [2.75, 3.05) is 26.2 Å². The van der Waals surface area contributed by atoms with Crippen molar-refractivity contribution >= 4 is 29.1 Å². The number of aliphatic hydroxyl groups excluding tert-OH is 1. The number of rotatable bonds is 6. The number of nitrogens with two attached hydrogens (primary N) is 2. The van der Waals surface area contributed by atoms with Gasteiger partial charge in [-0.15, -0.1) is 0 Å². The predicted octanol–water partition coefficient (Wildman–Crippen LogP) is 1.26. The Bertz CT molecular complexity index is 563. The molecule has 0 bridgehead atoms. The lowest BCUT2D eigenvalue weighted by Crippen LogP contribution is -2.43. The number of halogens is 2. The van der Waals surface area contributed by atoms with Gasteiger partial charge in [-0.1, -0.05) is 23.2 Å². The van der Waals surface area contributed by atoms with Gasteiger partial charge in [0.2, 0.25) is 0 Å². The molecule has 1 aromatic rings. The maximum Gasteiger partial charge on any atom is 0.254 e. The summed E-state index contributed by atoms with van der Waals surface area (Å²) >= 11 is 12.0. The number of hydrogen-bond acceptors (Lipinski definition) is 5. The van der Waals surface area contributed by atoms with Gasteiger partial charge in [0, 0.05) is 26.2 Å². The molecular weight excluding hydrogens is 341 g/mol. The van der Waals surface area contributed by atoms with E-state index in [1.807, 2.05) is 0 Å². The van der Waals surface area contributed by atoms with Gasteiger partial charge in [0.25, 0.3) is 5.91 Å². The van der Waals surface area contributed by atoms with Gasteiger partial charge in [-0.2, -0.15) is 0 Å². The number of aliphatic hydroxyl groups is 1. The summed E-state index contributed by atoms with van der Waals surface area (Å²) in [5.41, 5.74) is 10.9. The Kier molecular flexibility index (Phi) is 6.50. The highest BCUT2D eigenvalue weighted by atomic mass is 35.5. The third-order valence-electron chi connectivity index (χ3n) is 3.87. The molecule has 0 spiro atoms. The molecule has 0 radical (unpaired) electrons. The number of carbonyl (C=O) groups is 1. The second kappa shape index (κ2) is 8.17. The molecule has 1 saturated heterocycles. The summed E-state index contributed by atoms with van der Waals surface area (Å²) in [6.07, 6.45) is 0.992. The number of nitrogens with zero attached hydrogens (tertiary/aromatic N) is 1. The van der Waals surface area contributed by atoms with Gasteiger partial charge in [0.1, 0.15) is 17.4 Å². The van der Waals surface area contributed by atoms with Crippen LogP contribution in [-0.4, -0.2) is 54.3 Å². The monoisotopic (exact) mass is 361 g/mol. The molecule has 1 aromatic carbocycles. The Balaban J connectivity index is 1.99. The Morgan fingerprint density at radius 2 is 2.04 bits per heavy atom. The second-order valence-electron chi connectivity index (χ2n) is 5.61. The van der Waals surface area contributed by atoms with Crippen molar-refractivity contribution < 1.29 is 14.6 Å². The standard InChI is InChI=1S/C15H21Cl2N3O3/c16-11-1-2-12(13(14(11)17)15(19)22)23-10-3-5-20(6-4-10)8-9(21)7-18/h1-2,9-10,21H,3-8,18H2,(H2,19,22)/t9-/m1/s1. The van der Waals surface area contributed by atoms with Gasteiger partial charge in [-0.25, -0.2) is 0 Å². The lowest BCUT2D eigenvalue weighted by molar-refractivity contribution is 0.0634. The first-order valence-electron chi connectivity index (χ1n) is 7.47. The second-order valence-corrected chi connectivity index (χ2v) is 6.39. The number of benzene rings is 1. The highest BCUT2D eigenvalue weighted by molar-refractivity contribution is 6.44. The number of primary amides is 1. The fourth-order valence-corrected chi connectivity index (χ4v) is 3.03. The Morgan fingerprint density at radius 3 is 2.61 bits per heavy atom. The van der Waals surface area contributed by atoms with Crippen LogP contribution >= 0.6 is 23.2 Å². The first kappa shape index (κ1) is 18.3. The van der Waals surface area contributed by atoms with Crippen molar-refractivity contribution in [3.63, 3.8) is 0 Å². The number of piperidine rings is 1. The first-order valence-corrected chi connectivity index (χ1v) is 8.23. The molecule has 5 N–H and O–H groups in total. The molecule has 1 fully saturated rings. The van der Waals surface area contributed by atoms with Crippen molar-refractivity contribution in [1.82, 2.24) is 4.90 Å². The molecular formula is C15H21Cl2N3O3. The van der Waals surface area contributed by atoms with E-state index in [9.17, 15) is 9.90 Å². The van der Waals surface area contributed by atoms with Crippen LogP contribution < -0.4 is 16.2 Å². The molecule has 128 valence electrons. The van der Waals surface area contributed by atoms with Crippen LogP contribution in [0.2, 0.25) is 10.0 Å². The topological polar surface area (TPSA) is 102 Å². The van der Waals surface area contributed by atoms with E-state index >= 15 is 0 Å². The SMILES string of the molecule is NC[C@@H](O)CN1CCC(Oc2ccc(Cl)c(Cl)c2C(N)=O)CC1. The summed E-state index contributed by atoms with van der Waals surface area (Å²) in [6, 6.07) is 3.19. The molecule has 0 aliphatic carbocycles. The van der Waals surface area contributed by atoms with E-state index in [1.165, 1.54) is 0 Å². The molecule has 2 rings (SSSR count). The average molecular weight is 362 g/mol. The molecule has 8 heteroatoms. The molecule has 1 aliphatic rings. The molecule has 1 heterocycles. The molecule has 6 nitrogen and oxygen atoms in total. The van der Waals surface area contributed by atoms with Crippen LogP contribution in [0.25, 0.3) is 0 Å². The minimum absolute atomic E-state index is 0.0448. The molecule has 0 saturated carbocycles. The van der Waals surface area contributed by atoms with Gasteiger partial charge in [-0.3, -0.25) is 4.79 Å². The highest BCUT2D eigenvalue weighted by Crippen LogP contribution is 2.34. The summed E-state index contributed by atoms with van der Waals surface area (Å²) in [5.74, 6) is -0.316. The quantitative estimate of drug-likeness (QED) is 0.707. The number of likely N-dealkylation sites (tertiary alicyclic amines) is 1. The zero-order valence-corrected chi connectivity index (χ0v) is 14.2. The minimum atomic E-state index is -0.670. The lowest BCUT2D eigenvalue weighted by Gasteiger charge is -2.33. The maximum atomic E-state index is 11.6. The predicted molar refractivity (Wildman–Crippen MR) is 90.1 cm³/mol. The molecule has 0 unspecified atom stereocenters. The zero-order valence-electron chi connectivity index (χ0n) is 12.7. The van der Waals surface area contributed by atoms with E-state index in [4.69, 9.17) is 39.4 Å². The largest absolute Gasteiger partial charge is 0.489 e. The normalized spacial score (nSPS) is 17.9. The molecule has 1 atom stereocenters. The Hall–Kier alpha value is -1.05. The summed E-state index contributed by atoms with van der Waals surface area (Å²) in [4.78, 5) is 13.7. The van der Waals surface area contributed by atoms with Gasteiger partial charge >= 0.3 is 0 Å². The van der Waals surface area contributed by atoms with Crippen LogP contribution in [0.15, 0.2) is 12.1 Å². The van der Waals surface area contributed by atoms with Gasteiger partial charge < -0.3 is 26.2 Å². The van der Waals surface area contributed by atoms with E-state index in [2.05, 4.69) is 4.90 Å². The average Bonchev–Trinajstić information content (AvgIpc) is 2.52. The van der Waals surface area contributed by atoms with Gasteiger partial charge in [0.15, 0.2) is 0 Å².